The first kappa shape index (κ1) is 18.1. The van der Waals surface area contributed by atoms with E-state index in [2.05, 4.69) is 26.6 Å². The minimum Gasteiger partial charge on any atom is -0.326 e. The molecule has 0 fully saturated rings. The number of carbonyl (C=O) groups is 2. The Morgan fingerprint density at radius 2 is 1.79 bits per heavy atom. The second-order valence-electron chi connectivity index (χ2n) is 5.31. The molecular formula is C18H18BrFN2O2. The number of hydrogen-bond donors (Lipinski definition) is 2. The SMILES string of the molecule is CCCCC(=O)Nc1ccc(C(=O)Nc2ccc(Br)cc2F)cc1. The van der Waals surface area contributed by atoms with E-state index in [-0.39, 0.29) is 11.6 Å². The van der Waals surface area contributed by atoms with Crippen LogP contribution in [0.4, 0.5) is 15.8 Å². The van der Waals surface area contributed by atoms with Crippen molar-refractivity contribution in [2.45, 2.75) is 26.2 Å². The molecule has 0 aliphatic rings. The standard InChI is InChI=1S/C18H18BrFN2O2/c1-2-3-4-17(23)21-14-8-5-12(6-9-14)18(24)22-16-10-7-13(19)11-15(16)20/h5-11H,2-4H2,1H3,(H,21,23)(H,22,24). The minimum atomic E-state index is -0.516. The van der Waals surface area contributed by atoms with Crippen LogP contribution in [0.3, 0.4) is 0 Å². The largest absolute Gasteiger partial charge is 0.326 e. The molecule has 4 nitrogen and oxygen atoms in total. The van der Waals surface area contributed by atoms with Gasteiger partial charge >= 0.3 is 0 Å². The Kier molecular flexibility index (Phi) is 6.49. The van der Waals surface area contributed by atoms with Crippen LogP contribution in [0, 0.1) is 5.82 Å². The van der Waals surface area contributed by atoms with E-state index >= 15 is 0 Å². The van der Waals surface area contributed by atoms with Crippen LogP contribution in [0.2, 0.25) is 0 Å². The number of nitrogens with one attached hydrogen (secondary N) is 2. The lowest BCUT2D eigenvalue weighted by Gasteiger charge is -2.08. The number of unbranched alkanes of at least 4 members (excludes halogenated alkanes) is 1. The summed E-state index contributed by atoms with van der Waals surface area (Å²) in [6.07, 6.45) is 2.27. The maximum atomic E-state index is 13.7. The molecule has 0 unspecified atom stereocenters. The molecule has 0 atom stereocenters. The summed E-state index contributed by atoms with van der Waals surface area (Å²) >= 11 is 3.16. The molecule has 0 aliphatic heterocycles. The highest BCUT2D eigenvalue weighted by Gasteiger charge is 2.10. The smallest absolute Gasteiger partial charge is 0.255 e. The van der Waals surface area contributed by atoms with Crippen molar-refractivity contribution in [3.63, 3.8) is 0 Å². The molecule has 0 saturated heterocycles. The van der Waals surface area contributed by atoms with E-state index in [4.69, 9.17) is 0 Å². The number of halogens is 2. The number of rotatable bonds is 6. The van der Waals surface area contributed by atoms with Crippen molar-refractivity contribution in [3.05, 3.63) is 58.3 Å². The fourth-order valence-electron chi connectivity index (χ4n) is 2.05. The highest BCUT2D eigenvalue weighted by atomic mass is 79.9. The van der Waals surface area contributed by atoms with Crippen molar-refractivity contribution in [2.75, 3.05) is 10.6 Å². The molecule has 0 bridgehead atoms. The summed E-state index contributed by atoms with van der Waals surface area (Å²) in [5, 5.41) is 5.29. The Balaban J connectivity index is 1.99. The summed E-state index contributed by atoms with van der Waals surface area (Å²) in [5.74, 6) is -0.983. The van der Waals surface area contributed by atoms with Gasteiger partial charge in [0.1, 0.15) is 5.82 Å². The Hall–Kier alpha value is -2.21. The lowest BCUT2D eigenvalue weighted by Crippen LogP contribution is -2.14. The predicted molar refractivity (Wildman–Crippen MR) is 96.6 cm³/mol. The number of anilines is 2. The Morgan fingerprint density at radius 3 is 2.42 bits per heavy atom. The Bertz CT molecular complexity index is 732. The van der Waals surface area contributed by atoms with Crippen LogP contribution in [0.25, 0.3) is 0 Å². The molecule has 2 aromatic rings. The van der Waals surface area contributed by atoms with Crippen molar-refractivity contribution in [3.8, 4) is 0 Å². The van der Waals surface area contributed by atoms with Gasteiger partial charge in [0.15, 0.2) is 0 Å². The van der Waals surface area contributed by atoms with E-state index in [0.29, 0.717) is 22.1 Å². The number of amides is 2. The van der Waals surface area contributed by atoms with Gasteiger partial charge in [0.2, 0.25) is 5.91 Å². The van der Waals surface area contributed by atoms with E-state index in [1.165, 1.54) is 12.1 Å². The molecular weight excluding hydrogens is 375 g/mol. The summed E-state index contributed by atoms with van der Waals surface area (Å²) in [5.41, 5.74) is 1.12. The third-order valence-corrected chi connectivity index (χ3v) is 3.86. The van der Waals surface area contributed by atoms with E-state index < -0.39 is 11.7 Å². The summed E-state index contributed by atoms with van der Waals surface area (Å²) in [4.78, 5) is 23.8. The maximum Gasteiger partial charge on any atom is 0.255 e. The minimum absolute atomic E-state index is 0.0500. The predicted octanol–water partition coefficient (Wildman–Crippen LogP) is 4.97. The fourth-order valence-corrected chi connectivity index (χ4v) is 2.38. The number of benzene rings is 2. The summed E-state index contributed by atoms with van der Waals surface area (Å²) in [7, 11) is 0. The molecule has 0 radical (unpaired) electrons. The zero-order chi connectivity index (χ0) is 17.5. The van der Waals surface area contributed by atoms with Crippen LogP contribution in [0.15, 0.2) is 46.9 Å². The first-order valence-corrected chi connectivity index (χ1v) is 8.45. The zero-order valence-corrected chi connectivity index (χ0v) is 14.8. The van der Waals surface area contributed by atoms with Crippen LogP contribution < -0.4 is 10.6 Å². The Morgan fingerprint density at radius 1 is 1.08 bits per heavy atom. The van der Waals surface area contributed by atoms with Crippen LogP contribution in [0.5, 0.6) is 0 Å². The van der Waals surface area contributed by atoms with E-state index in [0.717, 1.165) is 12.8 Å². The second kappa shape index (κ2) is 8.59. The highest BCUT2D eigenvalue weighted by Crippen LogP contribution is 2.20. The van der Waals surface area contributed by atoms with E-state index in [1.54, 1.807) is 30.3 Å². The maximum absolute atomic E-state index is 13.7. The molecule has 2 N–H and O–H groups in total. The molecule has 0 saturated carbocycles. The van der Waals surface area contributed by atoms with Gasteiger partial charge in [-0.2, -0.15) is 0 Å². The van der Waals surface area contributed by atoms with Gasteiger partial charge in [-0.25, -0.2) is 4.39 Å². The van der Waals surface area contributed by atoms with Crippen molar-refractivity contribution >= 4 is 39.1 Å². The van der Waals surface area contributed by atoms with Crippen LogP contribution in [-0.2, 0) is 4.79 Å². The molecule has 6 heteroatoms. The molecule has 2 amide bonds. The molecule has 126 valence electrons. The van der Waals surface area contributed by atoms with Crippen molar-refractivity contribution in [1.29, 1.82) is 0 Å². The van der Waals surface area contributed by atoms with Gasteiger partial charge in [-0.15, -0.1) is 0 Å². The monoisotopic (exact) mass is 392 g/mol. The van der Waals surface area contributed by atoms with Gasteiger partial charge in [0.25, 0.3) is 5.91 Å². The Labute approximate surface area is 148 Å². The normalized spacial score (nSPS) is 10.3. The van der Waals surface area contributed by atoms with Crippen molar-refractivity contribution in [2.24, 2.45) is 0 Å². The molecule has 0 spiro atoms. The number of hydrogen-bond acceptors (Lipinski definition) is 2. The molecule has 2 aromatic carbocycles. The molecule has 0 aromatic heterocycles. The lowest BCUT2D eigenvalue weighted by molar-refractivity contribution is -0.116. The highest BCUT2D eigenvalue weighted by molar-refractivity contribution is 9.10. The number of carbonyl (C=O) groups excluding carboxylic acids is 2. The van der Waals surface area contributed by atoms with Crippen molar-refractivity contribution in [1.82, 2.24) is 0 Å². The van der Waals surface area contributed by atoms with Crippen LogP contribution >= 0.6 is 15.9 Å². The average Bonchev–Trinajstić information content (AvgIpc) is 2.56. The van der Waals surface area contributed by atoms with Crippen LogP contribution in [-0.4, -0.2) is 11.8 Å². The lowest BCUT2D eigenvalue weighted by atomic mass is 10.1. The third kappa shape index (κ3) is 5.16. The van der Waals surface area contributed by atoms with E-state index in [9.17, 15) is 14.0 Å². The summed E-state index contributed by atoms with van der Waals surface area (Å²) in [6, 6.07) is 10.9. The van der Waals surface area contributed by atoms with Gasteiger partial charge in [0, 0.05) is 22.1 Å². The third-order valence-electron chi connectivity index (χ3n) is 3.37. The summed E-state index contributed by atoms with van der Waals surface area (Å²) < 4.78 is 14.3. The molecule has 2 rings (SSSR count). The van der Waals surface area contributed by atoms with Crippen LogP contribution in [0.1, 0.15) is 36.5 Å². The molecule has 0 aliphatic carbocycles. The van der Waals surface area contributed by atoms with E-state index in [1.807, 2.05) is 6.92 Å². The molecule has 0 heterocycles. The zero-order valence-electron chi connectivity index (χ0n) is 13.2. The summed E-state index contributed by atoms with van der Waals surface area (Å²) in [6.45, 7) is 2.02. The van der Waals surface area contributed by atoms with Gasteiger partial charge in [-0.05, 0) is 48.9 Å². The first-order valence-electron chi connectivity index (χ1n) is 7.66. The first-order chi connectivity index (χ1) is 11.5. The average molecular weight is 393 g/mol. The second-order valence-corrected chi connectivity index (χ2v) is 6.22. The fraction of sp³-hybridized carbons (Fsp3) is 0.222. The van der Waals surface area contributed by atoms with Gasteiger partial charge < -0.3 is 10.6 Å². The van der Waals surface area contributed by atoms with Gasteiger partial charge in [0.05, 0.1) is 5.69 Å². The topological polar surface area (TPSA) is 58.2 Å². The van der Waals surface area contributed by atoms with Gasteiger partial charge in [-0.3, -0.25) is 9.59 Å². The quantitative estimate of drug-likeness (QED) is 0.728. The van der Waals surface area contributed by atoms with Crippen molar-refractivity contribution < 1.29 is 14.0 Å². The van der Waals surface area contributed by atoms with Gasteiger partial charge in [-0.1, -0.05) is 29.3 Å². The molecule has 24 heavy (non-hydrogen) atoms.